The van der Waals surface area contributed by atoms with E-state index in [1.165, 1.54) is 0 Å². The SMILES string of the molecule is CNN(C)C([Si])N(C)NC. The molecule has 0 spiro atoms. The number of hydrazine groups is 2. The van der Waals surface area contributed by atoms with Crippen molar-refractivity contribution in [2.24, 2.45) is 0 Å². The molecule has 0 aliphatic rings. The largest absolute Gasteiger partial charge is 0.257 e. The fraction of sp³-hybridized carbons (Fsp3) is 1.00. The van der Waals surface area contributed by atoms with E-state index in [-0.39, 0.29) is 5.79 Å². The maximum atomic E-state index is 3.51. The van der Waals surface area contributed by atoms with E-state index in [9.17, 15) is 0 Å². The number of rotatable bonds is 4. The zero-order chi connectivity index (χ0) is 8.15. The van der Waals surface area contributed by atoms with Gasteiger partial charge in [-0.1, -0.05) is 0 Å². The first-order chi connectivity index (χ1) is 4.63. The van der Waals surface area contributed by atoms with E-state index in [1.54, 1.807) is 0 Å². The van der Waals surface area contributed by atoms with Crippen molar-refractivity contribution in [2.45, 2.75) is 5.79 Å². The lowest BCUT2D eigenvalue weighted by atomic mass is 10.9. The summed E-state index contributed by atoms with van der Waals surface area (Å²) in [4.78, 5) is 0. The van der Waals surface area contributed by atoms with E-state index < -0.39 is 0 Å². The zero-order valence-electron chi connectivity index (χ0n) is 6.97. The first kappa shape index (κ1) is 10.1. The zero-order valence-corrected chi connectivity index (χ0v) is 7.97. The average molecular weight is 159 g/mol. The molecule has 0 fully saturated rings. The molecule has 4 nitrogen and oxygen atoms in total. The fourth-order valence-electron chi connectivity index (χ4n) is 0.504. The molecule has 0 saturated carbocycles. The molecule has 0 bridgehead atoms. The Hall–Kier alpha value is 0.0569. The van der Waals surface area contributed by atoms with Gasteiger partial charge in [0.15, 0.2) is 0 Å². The predicted molar refractivity (Wildman–Crippen MR) is 43.2 cm³/mol. The van der Waals surface area contributed by atoms with Crippen molar-refractivity contribution >= 4 is 10.2 Å². The molecule has 3 radical (unpaired) electrons. The molecule has 0 aliphatic carbocycles. The summed E-state index contributed by atoms with van der Waals surface area (Å²) in [5.41, 5.74) is 5.97. The van der Waals surface area contributed by atoms with Gasteiger partial charge in [-0.3, -0.25) is 10.9 Å². The molecule has 0 aromatic heterocycles. The molecule has 2 N–H and O–H groups in total. The molecule has 0 heterocycles. The average Bonchev–Trinajstić information content (AvgIpc) is 2.00. The standard InChI is InChI=1S/C5H15N4Si/c1-6-8(3)5(10)9(4)7-2/h5-7H,1-4H3. The molecule has 0 saturated heterocycles. The number of nitrogens with zero attached hydrogens (tertiary/aromatic N) is 2. The normalized spacial score (nSPS) is 12.0. The lowest BCUT2D eigenvalue weighted by Crippen LogP contribution is -2.53. The van der Waals surface area contributed by atoms with E-state index in [4.69, 9.17) is 0 Å². The molecule has 0 rings (SSSR count). The van der Waals surface area contributed by atoms with E-state index in [0.717, 1.165) is 0 Å². The van der Waals surface area contributed by atoms with Gasteiger partial charge < -0.3 is 0 Å². The van der Waals surface area contributed by atoms with Crippen LogP contribution in [0, 0.1) is 0 Å². The molecule has 0 atom stereocenters. The highest BCUT2D eigenvalue weighted by Gasteiger charge is 2.10. The van der Waals surface area contributed by atoms with Crippen LogP contribution in [0.2, 0.25) is 0 Å². The van der Waals surface area contributed by atoms with Gasteiger partial charge in [0, 0.05) is 14.1 Å². The summed E-state index contributed by atoms with van der Waals surface area (Å²) >= 11 is 0. The van der Waals surface area contributed by atoms with E-state index >= 15 is 0 Å². The Balaban J connectivity index is 3.69. The summed E-state index contributed by atoms with van der Waals surface area (Å²) < 4.78 is 0. The van der Waals surface area contributed by atoms with Gasteiger partial charge in [-0.15, -0.1) is 0 Å². The summed E-state index contributed by atoms with van der Waals surface area (Å²) in [5, 5.41) is 3.85. The molecular formula is C5H15N4Si. The van der Waals surface area contributed by atoms with E-state index in [2.05, 4.69) is 21.1 Å². The van der Waals surface area contributed by atoms with Gasteiger partial charge in [-0.25, -0.2) is 10.0 Å². The van der Waals surface area contributed by atoms with Crippen LogP contribution in [0.3, 0.4) is 0 Å². The minimum absolute atomic E-state index is 0.148. The third-order valence-electron chi connectivity index (χ3n) is 1.44. The third kappa shape index (κ3) is 2.76. The monoisotopic (exact) mass is 159 g/mol. The number of hydrogen-bond donors (Lipinski definition) is 2. The van der Waals surface area contributed by atoms with Crippen LogP contribution in [-0.4, -0.2) is 54.2 Å². The van der Waals surface area contributed by atoms with Gasteiger partial charge in [0.25, 0.3) is 0 Å². The summed E-state index contributed by atoms with van der Waals surface area (Å²) in [7, 11) is 11.1. The lowest BCUT2D eigenvalue weighted by Gasteiger charge is -2.31. The van der Waals surface area contributed by atoms with Crippen LogP contribution in [0.15, 0.2) is 0 Å². The number of nitrogens with one attached hydrogen (secondary N) is 2. The highest BCUT2D eigenvalue weighted by atomic mass is 28.1. The molecule has 0 aliphatic heterocycles. The maximum absolute atomic E-state index is 3.51. The van der Waals surface area contributed by atoms with Crippen molar-refractivity contribution in [3.63, 3.8) is 0 Å². The molecule has 59 valence electrons. The Morgan fingerprint density at radius 3 is 1.60 bits per heavy atom. The Labute approximate surface area is 65.9 Å². The van der Waals surface area contributed by atoms with E-state index in [1.807, 2.05) is 38.2 Å². The maximum Gasteiger partial charge on any atom is 0.0739 e. The van der Waals surface area contributed by atoms with Gasteiger partial charge in [0.2, 0.25) is 0 Å². The quantitative estimate of drug-likeness (QED) is 0.299. The van der Waals surface area contributed by atoms with Gasteiger partial charge in [0.1, 0.15) is 0 Å². The van der Waals surface area contributed by atoms with Crippen LogP contribution in [0.4, 0.5) is 0 Å². The van der Waals surface area contributed by atoms with Crippen LogP contribution in [-0.2, 0) is 0 Å². The summed E-state index contributed by atoms with van der Waals surface area (Å²) in [6.45, 7) is 0. The van der Waals surface area contributed by atoms with Crippen LogP contribution in [0.1, 0.15) is 0 Å². The van der Waals surface area contributed by atoms with Gasteiger partial charge in [-0.05, 0) is 14.1 Å². The second kappa shape index (κ2) is 4.81. The highest BCUT2D eigenvalue weighted by molar-refractivity contribution is 6.11. The molecule has 0 amide bonds. The predicted octanol–water partition coefficient (Wildman–Crippen LogP) is -1.43. The second-order valence-corrected chi connectivity index (χ2v) is 2.56. The minimum Gasteiger partial charge on any atom is -0.257 e. The summed E-state index contributed by atoms with van der Waals surface area (Å²) in [5.74, 6) is 0.148. The molecule has 5 heteroatoms. The summed E-state index contributed by atoms with van der Waals surface area (Å²) in [6, 6.07) is 0. The van der Waals surface area contributed by atoms with Gasteiger partial charge >= 0.3 is 0 Å². The number of hydrogen-bond acceptors (Lipinski definition) is 4. The van der Waals surface area contributed by atoms with Crippen LogP contribution in [0.5, 0.6) is 0 Å². The molecular weight excluding hydrogens is 144 g/mol. The molecule has 10 heavy (non-hydrogen) atoms. The van der Waals surface area contributed by atoms with Crippen molar-refractivity contribution in [1.29, 1.82) is 0 Å². The lowest BCUT2D eigenvalue weighted by molar-refractivity contribution is 0.0784. The van der Waals surface area contributed by atoms with Crippen molar-refractivity contribution < 1.29 is 0 Å². The molecule has 0 unspecified atom stereocenters. The smallest absolute Gasteiger partial charge is 0.0739 e. The van der Waals surface area contributed by atoms with Crippen molar-refractivity contribution in [2.75, 3.05) is 28.2 Å². The van der Waals surface area contributed by atoms with Gasteiger partial charge in [0.05, 0.1) is 16.0 Å². The Morgan fingerprint density at radius 2 is 1.40 bits per heavy atom. The van der Waals surface area contributed by atoms with Crippen LogP contribution < -0.4 is 10.9 Å². The Morgan fingerprint density at radius 1 is 1.10 bits per heavy atom. The van der Waals surface area contributed by atoms with Crippen LogP contribution >= 0.6 is 0 Å². The van der Waals surface area contributed by atoms with Crippen molar-refractivity contribution in [3.05, 3.63) is 0 Å². The summed E-state index contributed by atoms with van der Waals surface area (Å²) in [6.07, 6.45) is 0. The third-order valence-corrected chi connectivity index (χ3v) is 2.21. The Kier molecular flexibility index (Phi) is 4.84. The molecule has 0 aromatic carbocycles. The van der Waals surface area contributed by atoms with Crippen LogP contribution in [0.25, 0.3) is 0 Å². The van der Waals surface area contributed by atoms with Crippen molar-refractivity contribution in [3.8, 4) is 0 Å². The molecule has 0 aromatic rings. The Bertz CT molecular complexity index is 79.7. The van der Waals surface area contributed by atoms with Gasteiger partial charge in [-0.2, -0.15) is 0 Å². The second-order valence-electron chi connectivity index (χ2n) is 2.04. The first-order valence-electron chi connectivity index (χ1n) is 3.15. The minimum atomic E-state index is 0.148. The van der Waals surface area contributed by atoms with E-state index in [0.29, 0.717) is 0 Å². The topological polar surface area (TPSA) is 30.5 Å². The fourth-order valence-corrected chi connectivity index (χ4v) is 0.763. The van der Waals surface area contributed by atoms with Crippen molar-refractivity contribution in [1.82, 2.24) is 20.9 Å². The first-order valence-corrected chi connectivity index (χ1v) is 3.72. The highest BCUT2D eigenvalue weighted by Crippen LogP contribution is 1.87.